The highest BCUT2D eigenvalue weighted by molar-refractivity contribution is 7.94. The Labute approximate surface area is 113 Å². The minimum absolute atomic E-state index is 0.283. The van der Waals surface area contributed by atoms with Gasteiger partial charge in [-0.1, -0.05) is 6.07 Å². The van der Waals surface area contributed by atoms with Gasteiger partial charge in [0.15, 0.2) is 0 Å². The number of nitrogens with zero attached hydrogens (tertiary/aromatic N) is 2. The molecule has 0 spiro atoms. The Kier molecular flexibility index (Phi) is 2.76. The Hall–Kier alpha value is -1.93. The predicted molar refractivity (Wildman–Crippen MR) is 73.8 cm³/mol. The maximum absolute atomic E-state index is 12.2. The summed E-state index contributed by atoms with van der Waals surface area (Å²) in [4.78, 5) is 0.944. The molecule has 0 bridgehead atoms. The van der Waals surface area contributed by atoms with Crippen molar-refractivity contribution in [1.29, 1.82) is 0 Å². The van der Waals surface area contributed by atoms with Gasteiger partial charge in [-0.25, -0.2) is 8.42 Å². The van der Waals surface area contributed by atoms with Gasteiger partial charge in [-0.3, -0.25) is 4.72 Å². The van der Waals surface area contributed by atoms with E-state index in [9.17, 15) is 8.42 Å². The van der Waals surface area contributed by atoms with Crippen LogP contribution in [0.2, 0.25) is 0 Å². The molecule has 0 saturated heterocycles. The van der Waals surface area contributed by atoms with E-state index in [4.69, 9.17) is 0 Å². The summed E-state index contributed by atoms with van der Waals surface area (Å²) in [6, 6.07) is 8.50. The average molecular weight is 294 g/mol. The second kappa shape index (κ2) is 4.32. The first-order chi connectivity index (χ1) is 9.06. The molecule has 2 N–H and O–H groups in total. The number of hydrogen-bond donors (Lipinski definition) is 2. The van der Waals surface area contributed by atoms with Crippen molar-refractivity contribution < 1.29 is 8.42 Å². The molecule has 3 rings (SSSR count). The average Bonchev–Trinajstić information content (AvgIpc) is 2.97. The first kappa shape index (κ1) is 12.1. The molecule has 2 aromatic heterocycles. The molecule has 0 aliphatic heterocycles. The quantitative estimate of drug-likeness (QED) is 0.774. The number of benzene rings is 1. The van der Waals surface area contributed by atoms with Gasteiger partial charge < -0.3 is 0 Å². The summed E-state index contributed by atoms with van der Waals surface area (Å²) >= 11 is 1.23. The van der Waals surface area contributed by atoms with Gasteiger partial charge >= 0.3 is 0 Å². The first-order valence-electron chi connectivity index (χ1n) is 5.45. The van der Waals surface area contributed by atoms with E-state index in [0.717, 1.165) is 4.88 Å². The molecular formula is C11H10N4O2S2. The van der Waals surface area contributed by atoms with Gasteiger partial charge in [-0.2, -0.15) is 15.4 Å². The van der Waals surface area contributed by atoms with Gasteiger partial charge in [0.05, 0.1) is 5.69 Å². The highest BCUT2D eigenvalue weighted by Crippen LogP contribution is 2.26. The number of aromatic amines is 1. The third kappa shape index (κ3) is 2.20. The Bertz CT molecular complexity index is 835. The second-order valence-electron chi connectivity index (χ2n) is 3.97. The molecular weight excluding hydrogens is 284 g/mol. The van der Waals surface area contributed by atoms with Crippen LogP contribution in [-0.2, 0) is 10.0 Å². The Morgan fingerprint density at radius 3 is 2.79 bits per heavy atom. The van der Waals surface area contributed by atoms with Crippen molar-refractivity contribution in [2.45, 2.75) is 11.1 Å². The monoisotopic (exact) mass is 294 g/mol. The molecule has 0 amide bonds. The number of H-pyrrole nitrogens is 1. The normalized spacial score (nSPS) is 11.8. The maximum Gasteiger partial charge on any atom is 0.271 e. The van der Waals surface area contributed by atoms with Gasteiger partial charge in [0, 0.05) is 4.88 Å². The Balaban J connectivity index is 2.03. The molecule has 3 aromatic rings. The van der Waals surface area contributed by atoms with E-state index in [0.29, 0.717) is 16.7 Å². The number of nitrogens with one attached hydrogen (secondary N) is 2. The topological polar surface area (TPSA) is 87.7 Å². The van der Waals surface area contributed by atoms with Crippen LogP contribution in [0.25, 0.3) is 11.0 Å². The fraction of sp³-hybridized carbons (Fsp3) is 0.0909. The van der Waals surface area contributed by atoms with E-state index in [-0.39, 0.29) is 4.21 Å². The summed E-state index contributed by atoms with van der Waals surface area (Å²) in [6.45, 7) is 1.86. The van der Waals surface area contributed by atoms with Crippen LogP contribution >= 0.6 is 11.3 Å². The van der Waals surface area contributed by atoms with Crippen molar-refractivity contribution in [2.75, 3.05) is 4.72 Å². The lowest BCUT2D eigenvalue weighted by molar-refractivity contribution is 0.603. The first-order valence-corrected chi connectivity index (χ1v) is 7.75. The minimum atomic E-state index is -3.58. The van der Waals surface area contributed by atoms with Crippen molar-refractivity contribution in [3.05, 3.63) is 35.2 Å². The number of aryl methyl sites for hydroxylation is 1. The molecule has 0 saturated carbocycles. The molecule has 0 fully saturated rings. The molecule has 2 heterocycles. The second-order valence-corrected chi connectivity index (χ2v) is 7.16. The Morgan fingerprint density at radius 2 is 2.05 bits per heavy atom. The maximum atomic E-state index is 12.2. The molecule has 0 aliphatic carbocycles. The highest BCUT2D eigenvalue weighted by Gasteiger charge is 2.18. The van der Waals surface area contributed by atoms with Gasteiger partial charge in [-0.05, 0) is 31.2 Å². The highest BCUT2D eigenvalue weighted by atomic mass is 32.2. The molecule has 0 radical (unpaired) electrons. The van der Waals surface area contributed by atoms with Crippen molar-refractivity contribution in [1.82, 2.24) is 15.4 Å². The summed E-state index contributed by atoms with van der Waals surface area (Å²) < 4.78 is 27.3. The van der Waals surface area contributed by atoms with Gasteiger partial charge in [0.1, 0.15) is 15.2 Å². The molecule has 19 heavy (non-hydrogen) atoms. The van der Waals surface area contributed by atoms with Gasteiger partial charge in [0.2, 0.25) is 0 Å². The number of sulfonamides is 1. The van der Waals surface area contributed by atoms with Crippen LogP contribution in [0.5, 0.6) is 0 Å². The third-order valence-electron chi connectivity index (χ3n) is 2.57. The number of para-hydroxylation sites is 1. The fourth-order valence-electron chi connectivity index (χ4n) is 1.70. The number of thiophene rings is 1. The number of rotatable bonds is 3. The predicted octanol–water partition coefficient (Wildman–Crippen LogP) is 2.13. The van der Waals surface area contributed by atoms with Crippen LogP contribution in [0, 0.1) is 6.92 Å². The molecule has 0 atom stereocenters. The number of anilines is 1. The van der Waals surface area contributed by atoms with Crippen LogP contribution in [0.15, 0.2) is 34.5 Å². The minimum Gasteiger partial charge on any atom is -0.277 e. The van der Waals surface area contributed by atoms with Gasteiger partial charge in [-0.15, -0.1) is 11.3 Å². The summed E-state index contributed by atoms with van der Waals surface area (Å²) in [5.74, 6) is 0. The summed E-state index contributed by atoms with van der Waals surface area (Å²) in [5, 5.41) is 10.3. The molecule has 0 aliphatic rings. The molecule has 8 heteroatoms. The van der Waals surface area contributed by atoms with E-state index in [1.165, 1.54) is 11.3 Å². The number of aromatic nitrogens is 3. The van der Waals surface area contributed by atoms with Crippen LogP contribution in [0.3, 0.4) is 0 Å². The van der Waals surface area contributed by atoms with E-state index >= 15 is 0 Å². The van der Waals surface area contributed by atoms with Crippen LogP contribution < -0.4 is 4.72 Å². The van der Waals surface area contributed by atoms with Crippen molar-refractivity contribution in [3.63, 3.8) is 0 Å². The molecule has 1 aromatic carbocycles. The Morgan fingerprint density at radius 1 is 1.21 bits per heavy atom. The zero-order valence-corrected chi connectivity index (χ0v) is 11.5. The SMILES string of the molecule is Cc1ccc(S(=O)(=O)Nc2cccc3n[nH]nc23)s1. The standard InChI is InChI=1S/C11H10N4O2S2/c1-7-5-6-10(18-7)19(16,17)14-9-4-2-3-8-11(9)13-15-12-8/h2-6,14H,1H3,(H,12,13,15). The number of hydrogen-bond acceptors (Lipinski definition) is 5. The summed E-state index contributed by atoms with van der Waals surface area (Å²) in [7, 11) is -3.58. The summed E-state index contributed by atoms with van der Waals surface area (Å²) in [5.41, 5.74) is 1.53. The van der Waals surface area contributed by atoms with Crippen molar-refractivity contribution in [3.8, 4) is 0 Å². The van der Waals surface area contributed by atoms with Crippen LogP contribution in [0.1, 0.15) is 4.88 Å². The van der Waals surface area contributed by atoms with Crippen molar-refractivity contribution in [2.24, 2.45) is 0 Å². The molecule has 98 valence electrons. The summed E-state index contributed by atoms with van der Waals surface area (Å²) in [6.07, 6.45) is 0. The molecule has 6 nitrogen and oxygen atoms in total. The van der Waals surface area contributed by atoms with E-state index < -0.39 is 10.0 Å². The smallest absolute Gasteiger partial charge is 0.271 e. The lowest BCUT2D eigenvalue weighted by atomic mass is 10.3. The lowest BCUT2D eigenvalue weighted by Gasteiger charge is -2.05. The lowest BCUT2D eigenvalue weighted by Crippen LogP contribution is -2.11. The fourth-order valence-corrected chi connectivity index (χ4v) is 4.05. The van der Waals surface area contributed by atoms with E-state index in [1.54, 1.807) is 30.3 Å². The number of fused-ring (bicyclic) bond motifs is 1. The largest absolute Gasteiger partial charge is 0.277 e. The zero-order chi connectivity index (χ0) is 13.5. The van der Waals surface area contributed by atoms with E-state index in [1.807, 2.05) is 6.92 Å². The zero-order valence-electron chi connectivity index (χ0n) is 9.91. The third-order valence-corrected chi connectivity index (χ3v) is 5.43. The van der Waals surface area contributed by atoms with Crippen LogP contribution in [0.4, 0.5) is 5.69 Å². The van der Waals surface area contributed by atoms with Crippen LogP contribution in [-0.4, -0.2) is 23.8 Å². The van der Waals surface area contributed by atoms with Gasteiger partial charge in [0.25, 0.3) is 10.0 Å². The van der Waals surface area contributed by atoms with Crippen molar-refractivity contribution >= 4 is 38.1 Å². The molecule has 0 unspecified atom stereocenters. The van der Waals surface area contributed by atoms with E-state index in [2.05, 4.69) is 20.1 Å².